The quantitative estimate of drug-likeness (QED) is 0.477. The fourth-order valence-corrected chi connectivity index (χ4v) is 3.65. The molecule has 0 aliphatic carbocycles. The van der Waals surface area contributed by atoms with Gasteiger partial charge in [-0.3, -0.25) is 9.59 Å². The first-order valence-electron chi connectivity index (χ1n) is 8.22. The maximum absolute atomic E-state index is 12.6. The summed E-state index contributed by atoms with van der Waals surface area (Å²) in [6.07, 6.45) is 1.27. The molecule has 0 radical (unpaired) electrons. The lowest BCUT2D eigenvalue weighted by molar-refractivity contribution is -0.119. The smallest absolute Gasteiger partial charge is 0.260 e. The van der Waals surface area contributed by atoms with Crippen molar-refractivity contribution in [3.63, 3.8) is 0 Å². The summed E-state index contributed by atoms with van der Waals surface area (Å²) in [7, 11) is -0.284. The van der Waals surface area contributed by atoms with Crippen LogP contribution in [0.5, 0.6) is 0 Å². The molecule has 5 nitrogen and oxygen atoms in total. The molecule has 24 heavy (non-hydrogen) atoms. The second-order valence-electron chi connectivity index (χ2n) is 5.73. The van der Waals surface area contributed by atoms with E-state index in [0.29, 0.717) is 24.0 Å². The van der Waals surface area contributed by atoms with Crippen molar-refractivity contribution in [3.05, 3.63) is 59.4 Å². The van der Waals surface area contributed by atoms with Gasteiger partial charge in [-0.2, -0.15) is 0 Å². The van der Waals surface area contributed by atoms with Gasteiger partial charge in [-0.05, 0) is 25.5 Å². The molecule has 6 heteroatoms. The van der Waals surface area contributed by atoms with Gasteiger partial charge in [-0.1, -0.05) is 30.3 Å². The normalized spacial score (nSPS) is 16.5. The van der Waals surface area contributed by atoms with Crippen molar-refractivity contribution < 1.29 is 14.1 Å². The molecule has 1 amide bonds. The highest BCUT2D eigenvalue weighted by molar-refractivity contribution is 7.33. The fraction of sp³-hybridized carbons (Fsp3) is 0.333. The van der Waals surface area contributed by atoms with E-state index in [1.54, 1.807) is 0 Å². The third-order valence-corrected chi connectivity index (χ3v) is 5.28. The summed E-state index contributed by atoms with van der Waals surface area (Å²) in [4.78, 5) is 24.6. The van der Waals surface area contributed by atoms with Crippen LogP contribution in [0.4, 0.5) is 0 Å². The third-order valence-electron chi connectivity index (χ3n) is 4.17. The second-order valence-corrected chi connectivity index (χ2v) is 6.80. The summed E-state index contributed by atoms with van der Waals surface area (Å²) in [5.41, 5.74) is 2.38. The number of aromatic nitrogens is 1. The number of carbonyl (C=O) groups is 2. The highest BCUT2D eigenvalue weighted by atomic mass is 31.1. The minimum absolute atomic E-state index is 0.0177. The summed E-state index contributed by atoms with van der Waals surface area (Å²) in [5, 5.41) is 3.06. The Morgan fingerprint density at radius 3 is 2.79 bits per heavy atom. The van der Waals surface area contributed by atoms with Crippen LogP contribution in [0.15, 0.2) is 42.5 Å². The minimum Gasteiger partial charge on any atom is -0.345 e. The maximum Gasteiger partial charge on any atom is 0.260 e. The number of benzene rings is 1. The molecule has 1 aliphatic heterocycles. The molecular weight excluding hydrogens is 323 g/mol. The summed E-state index contributed by atoms with van der Waals surface area (Å²) < 4.78 is 7.32. The van der Waals surface area contributed by atoms with Crippen LogP contribution in [0.25, 0.3) is 0 Å². The molecule has 0 spiro atoms. The topological polar surface area (TPSA) is 60.3 Å². The molecule has 0 bridgehead atoms. The Bertz CT molecular complexity index is 727. The van der Waals surface area contributed by atoms with Gasteiger partial charge in [0.05, 0.1) is 18.3 Å². The lowest BCUT2D eigenvalue weighted by atomic mass is 10.1. The Morgan fingerprint density at radius 1 is 1.25 bits per heavy atom. The molecule has 2 aromatic rings. The Balaban J connectivity index is 1.69. The lowest BCUT2D eigenvalue weighted by Gasteiger charge is -2.10. The van der Waals surface area contributed by atoms with E-state index in [1.165, 1.54) is 0 Å². The highest BCUT2D eigenvalue weighted by Crippen LogP contribution is 2.29. The van der Waals surface area contributed by atoms with Gasteiger partial charge in [0.25, 0.3) is 5.91 Å². The Kier molecular flexibility index (Phi) is 5.44. The van der Waals surface area contributed by atoms with E-state index in [1.807, 2.05) is 54.0 Å². The summed E-state index contributed by atoms with van der Waals surface area (Å²) >= 11 is 0. The van der Waals surface area contributed by atoms with Crippen LogP contribution in [0.1, 0.15) is 41.1 Å². The highest BCUT2D eigenvalue weighted by Gasteiger charge is 2.28. The average molecular weight is 345 g/mol. The molecule has 0 saturated heterocycles. The zero-order valence-corrected chi connectivity index (χ0v) is 14.9. The standard InChI is InChI=1S/C18H21N2O3P/c1-2-23-24-12-17(21)19-14-10-11-20-15(14)8-9-16(20)18(22)13-6-4-3-5-7-13/h3-9,14,24H,2,10-12H2,1H3,(H,19,21)/p+1. The van der Waals surface area contributed by atoms with Crippen LogP contribution >= 0.6 is 8.81 Å². The van der Waals surface area contributed by atoms with Crippen molar-refractivity contribution in [2.75, 3.05) is 12.8 Å². The van der Waals surface area contributed by atoms with Crippen molar-refractivity contribution in [1.29, 1.82) is 0 Å². The summed E-state index contributed by atoms with van der Waals surface area (Å²) in [6.45, 7) is 3.33. The van der Waals surface area contributed by atoms with Crippen molar-refractivity contribution in [3.8, 4) is 0 Å². The molecular formula is C18H22N2O3P+. The van der Waals surface area contributed by atoms with E-state index < -0.39 is 0 Å². The zero-order valence-electron chi connectivity index (χ0n) is 13.7. The molecule has 1 aromatic carbocycles. The van der Waals surface area contributed by atoms with Gasteiger partial charge in [0.1, 0.15) is 8.81 Å². The number of amides is 1. The van der Waals surface area contributed by atoms with Crippen LogP contribution in [0.2, 0.25) is 0 Å². The third kappa shape index (κ3) is 3.58. The van der Waals surface area contributed by atoms with E-state index in [-0.39, 0.29) is 26.5 Å². The van der Waals surface area contributed by atoms with Gasteiger partial charge in [-0.25, -0.2) is 4.52 Å². The number of fused-ring (bicyclic) bond motifs is 1. The number of nitrogens with zero attached hydrogens (tertiary/aromatic N) is 1. The monoisotopic (exact) mass is 345 g/mol. The lowest BCUT2D eigenvalue weighted by Crippen LogP contribution is -2.28. The van der Waals surface area contributed by atoms with Crippen LogP contribution in [-0.4, -0.2) is 29.0 Å². The zero-order chi connectivity index (χ0) is 16.9. The molecule has 2 unspecified atom stereocenters. The number of ketones is 1. The predicted molar refractivity (Wildman–Crippen MR) is 96.0 cm³/mol. The molecule has 2 atom stereocenters. The van der Waals surface area contributed by atoms with Gasteiger partial charge in [0.2, 0.25) is 5.78 Å². The first-order valence-corrected chi connectivity index (χ1v) is 9.51. The predicted octanol–water partition coefficient (Wildman–Crippen LogP) is 2.64. The van der Waals surface area contributed by atoms with Crippen molar-refractivity contribution in [2.45, 2.75) is 25.9 Å². The second kappa shape index (κ2) is 7.73. The SMILES string of the molecule is CCO[PH2+]CC(=O)NC1CCn2c(C(=O)c3ccccc3)ccc21. The molecule has 126 valence electrons. The molecule has 1 aliphatic rings. The van der Waals surface area contributed by atoms with Gasteiger partial charge >= 0.3 is 0 Å². The van der Waals surface area contributed by atoms with Gasteiger partial charge in [0.15, 0.2) is 6.16 Å². The van der Waals surface area contributed by atoms with Crippen molar-refractivity contribution in [1.82, 2.24) is 9.88 Å². The molecule has 1 N–H and O–H groups in total. The number of nitrogens with one attached hydrogen (secondary N) is 1. The van der Waals surface area contributed by atoms with Gasteiger partial charge in [0, 0.05) is 17.8 Å². The molecule has 2 heterocycles. The number of hydrogen-bond donors (Lipinski definition) is 1. The minimum atomic E-state index is -0.284. The number of rotatable bonds is 7. The molecule has 0 saturated carbocycles. The summed E-state index contributed by atoms with van der Waals surface area (Å²) in [6, 6.07) is 13.1. The molecule has 1 aromatic heterocycles. The van der Waals surface area contributed by atoms with Crippen LogP contribution in [0, 0.1) is 0 Å². The van der Waals surface area contributed by atoms with Crippen molar-refractivity contribution >= 4 is 20.5 Å². The molecule has 0 fully saturated rings. The van der Waals surface area contributed by atoms with E-state index in [2.05, 4.69) is 5.32 Å². The number of carbonyl (C=O) groups excluding carboxylic acids is 2. The van der Waals surface area contributed by atoms with Crippen LogP contribution in [-0.2, 0) is 15.9 Å². The first kappa shape index (κ1) is 16.9. The van der Waals surface area contributed by atoms with Crippen LogP contribution < -0.4 is 5.32 Å². The van der Waals surface area contributed by atoms with Gasteiger partial charge < -0.3 is 9.88 Å². The Morgan fingerprint density at radius 2 is 2.04 bits per heavy atom. The van der Waals surface area contributed by atoms with Crippen molar-refractivity contribution in [2.24, 2.45) is 0 Å². The summed E-state index contributed by atoms with van der Waals surface area (Å²) in [5.74, 6) is 0.0450. The van der Waals surface area contributed by atoms with Gasteiger partial charge in [-0.15, -0.1) is 0 Å². The van der Waals surface area contributed by atoms with E-state index in [4.69, 9.17) is 4.52 Å². The van der Waals surface area contributed by atoms with E-state index in [0.717, 1.165) is 18.7 Å². The largest absolute Gasteiger partial charge is 0.345 e. The Hall–Kier alpha value is -1.97. The first-order chi connectivity index (χ1) is 11.7. The van der Waals surface area contributed by atoms with E-state index >= 15 is 0 Å². The Labute approximate surface area is 143 Å². The maximum atomic E-state index is 12.6. The van der Waals surface area contributed by atoms with Crippen LogP contribution in [0.3, 0.4) is 0 Å². The fourth-order valence-electron chi connectivity index (χ4n) is 3.03. The average Bonchev–Trinajstić information content (AvgIpc) is 3.18. The molecule has 3 rings (SSSR count). The number of hydrogen-bond acceptors (Lipinski definition) is 3. The van der Waals surface area contributed by atoms with E-state index in [9.17, 15) is 9.59 Å².